The van der Waals surface area contributed by atoms with Crippen molar-refractivity contribution < 1.29 is 28.5 Å². The van der Waals surface area contributed by atoms with E-state index in [0.717, 1.165) is 0 Å². The van der Waals surface area contributed by atoms with Crippen LogP contribution in [0.1, 0.15) is 0 Å². The molecule has 0 aromatic heterocycles. The average Bonchev–Trinajstić information content (AvgIpc) is 0.722. The quantitative estimate of drug-likeness (QED) is 0.295. The van der Waals surface area contributed by atoms with Gasteiger partial charge in [-0.2, -0.15) is 8.42 Å². The summed E-state index contributed by atoms with van der Waals surface area (Å²) in [5, 5.41) is 0. The lowest BCUT2D eigenvalue weighted by Gasteiger charge is -1.68. The fourth-order valence-corrected chi connectivity index (χ4v) is 0. The Hall–Kier alpha value is 0.855. The van der Waals surface area contributed by atoms with Crippen LogP contribution in [0.4, 0.5) is 0 Å². The summed E-state index contributed by atoms with van der Waals surface area (Å²) in [6.45, 7) is 0. The number of rotatable bonds is 0. The maximum atomic E-state index is 8.74. The Balaban J connectivity index is -0.0000000133. The third-order valence-electron chi connectivity index (χ3n) is 0. The second-order valence-corrected chi connectivity index (χ2v) is 1.34. The molecular formula is H12Al2O6S. The van der Waals surface area contributed by atoms with Crippen LogP contribution in [0.15, 0.2) is 0 Å². The van der Waals surface area contributed by atoms with Crippen molar-refractivity contribution in [2.45, 2.75) is 0 Å². The van der Waals surface area contributed by atoms with Gasteiger partial charge in [0.25, 0.3) is 0 Å². The zero-order valence-electron chi connectivity index (χ0n) is 3.12. The van der Waals surface area contributed by atoms with Crippen molar-refractivity contribution in [2.24, 2.45) is 0 Å². The van der Waals surface area contributed by atoms with E-state index in [1.54, 1.807) is 0 Å². The van der Waals surface area contributed by atoms with E-state index >= 15 is 0 Å². The van der Waals surface area contributed by atoms with E-state index in [1.165, 1.54) is 0 Å². The van der Waals surface area contributed by atoms with Crippen molar-refractivity contribution >= 4 is 45.1 Å². The molecule has 0 fully saturated rings. The predicted octanol–water partition coefficient (Wildman–Crippen LogP) is -4.67. The van der Waals surface area contributed by atoms with Gasteiger partial charge in [0.2, 0.25) is 0 Å². The lowest BCUT2D eigenvalue weighted by atomic mass is 15.8. The molecule has 6 nitrogen and oxygen atoms in total. The molecule has 0 heterocycles. The summed E-state index contributed by atoms with van der Waals surface area (Å²) in [6.07, 6.45) is 0. The van der Waals surface area contributed by atoms with Crippen molar-refractivity contribution in [3.63, 3.8) is 0 Å². The van der Waals surface area contributed by atoms with Crippen LogP contribution in [0, 0.1) is 0 Å². The molecule has 0 aliphatic rings. The minimum atomic E-state index is -4.67. The van der Waals surface area contributed by atoms with E-state index in [2.05, 4.69) is 0 Å². The average molecular weight is 194 g/mol. The summed E-state index contributed by atoms with van der Waals surface area (Å²) in [4.78, 5) is 0. The summed E-state index contributed by atoms with van der Waals surface area (Å²) in [5.41, 5.74) is 0. The SMILES string of the molecule is O.O.O=S(=O)(O)O.[AlH3].[AlH3]. The molecule has 0 rings (SSSR count). The van der Waals surface area contributed by atoms with Gasteiger partial charge in [-0.3, -0.25) is 9.11 Å². The topological polar surface area (TPSA) is 138 Å². The standard InChI is InChI=1S/2Al.H2O4S.2H2O.6H/c;;1-5(2,3)4;;;;;;;;/h;;(H2,1,2,3,4);2*1H2;;;;;;. The van der Waals surface area contributed by atoms with Crippen molar-refractivity contribution in [3.8, 4) is 0 Å². The van der Waals surface area contributed by atoms with Crippen molar-refractivity contribution in [1.29, 1.82) is 0 Å². The molecule has 0 saturated heterocycles. The van der Waals surface area contributed by atoms with Gasteiger partial charge in [-0.15, -0.1) is 0 Å². The molecule has 0 unspecified atom stereocenters. The molecule has 6 N–H and O–H groups in total. The van der Waals surface area contributed by atoms with E-state index in [4.69, 9.17) is 17.5 Å². The maximum Gasteiger partial charge on any atom is 0.394 e. The molecule has 0 bridgehead atoms. The lowest BCUT2D eigenvalue weighted by molar-refractivity contribution is 0.381. The number of hydrogen-bond acceptors (Lipinski definition) is 2. The first-order valence-corrected chi connectivity index (χ1v) is 2.10. The van der Waals surface area contributed by atoms with Crippen LogP contribution in [-0.4, -0.2) is 63.2 Å². The van der Waals surface area contributed by atoms with Gasteiger partial charge in [0, 0.05) is 0 Å². The van der Waals surface area contributed by atoms with Crippen molar-refractivity contribution in [2.75, 3.05) is 0 Å². The Morgan fingerprint density at radius 3 is 0.889 bits per heavy atom. The second-order valence-electron chi connectivity index (χ2n) is 0.448. The van der Waals surface area contributed by atoms with Gasteiger partial charge in [0.1, 0.15) is 0 Å². The number of hydrogen-bond donors (Lipinski definition) is 2. The molecule has 9 heavy (non-hydrogen) atoms. The molecule has 0 aliphatic carbocycles. The molecule has 0 radical (unpaired) electrons. The van der Waals surface area contributed by atoms with Crippen LogP contribution in [-0.2, 0) is 10.4 Å². The molecule has 0 saturated carbocycles. The van der Waals surface area contributed by atoms with Crippen LogP contribution < -0.4 is 0 Å². The van der Waals surface area contributed by atoms with Crippen LogP contribution in [0.25, 0.3) is 0 Å². The molecule has 0 atom stereocenters. The predicted molar refractivity (Wildman–Crippen MR) is 41.3 cm³/mol. The highest BCUT2D eigenvalue weighted by molar-refractivity contribution is 7.79. The molecule has 0 aromatic carbocycles. The Bertz CT molecular complexity index is 94.2. The van der Waals surface area contributed by atoms with Gasteiger partial charge in [0.15, 0.2) is 34.7 Å². The first-order valence-electron chi connectivity index (χ1n) is 0.698. The van der Waals surface area contributed by atoms with Gasteiger partial charge < -0.3 is 11.0 Å². The fraction of sp³-hybridized carbons (Fsp3) is 0. The first kappa shape index (κ1) is 32.8. The van der Waals surface area contributed by atoms with Crippen LogP contribution in [0.5, 0.6) is 0 Å². The van der Waals surface area contributed by atoms with Crippen LogP contribution in [0.2, 0.25) is 0 Å². The Morgan fingerprint density at radius 2 is 0.889 bits per heavy atom. The molecule has 60 valence electrons. The molecule has 9 heteroatoms. The molecule has 0 amide bonds. The second kappa shape index (κ2) is 11.6. The summed E-state index contributed by atoms with van der Waals surface area (Å²) >= 11 is 0. The van der Waals surface area contributed by atoms with E-state index in [0.29, 0.717) is 0 Å². The maximum absolute atomic E-state index is 8.74. The highest BCUT2D eigenvalue weighted by atomic mass is 32.3. The zero-order valence-corrected chi connectivity index (χ0v) is 3.94. The van der Waals surface area contributed by atoms with Crippen molar-refractivity contribution in [1.82, 2.24) is 0 Å². The molecule has 0 aromatic rings. The highest BCUT2D eigenvalue weighted by Gasteiger charge is 1.84. The Kier molecular flexibility index (Phi) is 42.4. The van der Waals surface area contributed by atoms with Gasteiger partial charge in [-0.1, -0.05) is 0 Å². The summed E-state index contributed by atoms with van der Waals surface area (Å²) in [5.74, 6) is 0. The monoisotopic (exact) mass is 194 g/mol. The van der Waals surface area contributed by atoms with E-state index in [9.17, 15) is 0 Å². The van der Waals surface area contributed by atoms with Gasteiger partial charge in [0.05, 0.1) is 0 Å². The zero-order chi connectivity index (χ0) is 4.50. The first-order chi connectivity index (χ1) is 2.00. The van der Waals surface area contributed by atoms with Crippen LogP contribution in [0.3, 0.4) is 0 Å². The van der Waals surface area contributed by atoms with E-state index in [1.807, 2.05) is 0 Å². The summed E-state index contributed by atoms with van der Waals surface area (Å²) in [6, 6.07) is 0. The molecular weight excluding hydrogens is 182 g/mol. The van der Waals surface area contributed by atoms with E-state index in [-0.39, 0.29) is 45.7 Å². The minimum absolute atomic E-state index is 0. The Morgan fingerprint density at radius 1 is 0.889 bits per heavy atom. The summed E-state index contributed by atoms with van der Waals surface area (Å²) in [7, 11) is -4.67. The van der Waals surface area contributed by atoms with Gasteiger partial charge in [-0.05, 0) is 0 Å². The summed E-state index contributed by atoms with van der Waals surface area (Å²) < 4.78 is 31.6. The largest absolute Gasteiger partial charge is 0.412 e. The Labute approximate surface area is 73.7 Å². The minimum Gasteiger partial charge on any atom is -0.412 e. The fourth-order valence-electron chi connectivity index (χ4n) is 0. The van der Waals surface area contributed by atoms with Gasteiger partial charge in [-0.25, -0.2) is 0 Å². The van der Waals surface area contributed by atoms with Crippen LogP contribution >= 0.6 is 0 Å². The normalized spacial score (nSPS) is 6.44. The third kappa shape index (κ3) is 569. The van der Waals surface area contributed by atoms with E-state index < -0.39 is 10.4 Å². The highest BCUT2D eigenvalue weighted by Crippen LogP contribution is 1.59. The lowest BCUT2D eigenvalue weighted by Crippen LogP contribution is -1.89. The third-order valence-corrected chi connectivity index (χ3v) is 0. The smallest absolute Gasteiger partial charge is 0.394 e. The molecule has 0 aliphatic heterocycles. The van der Waals surface area contributed by atoms with Crippen molar-refractivity contribution in [3.05, 3.63) is 0 Å². The van der Waals surface area contributed by atoms with Gasteiger partial charge >= 0.3 is 10.4 Å². The molecule has 0 spiro atoms.